The van der Waals surface area contributed by atoms with E-state index in [4.69, 9.17) is 0 Å². The Morgan fingerprint density at radius 3 is 2.62 bits per heavy atom. The number of aromatic nitrogens is 3. The van der Waals surface area contributed by atoms with Crippen molar-refractivity contribution in [3.05, 3.63) is 64.7 Å². The second kappa shape index (κ2) is 6.84. The number of aryl methyl sites for hydroxylation is 1. The lowest BCUT2D eigenvalue weighted by Crippen LogP contribution is -2.27. The molecule has 0 aliphatic carbocycles. The van der Waals surface area contributed by atoms with Crippen LogP contribution in [-0.4, -0.2) is 20.9 Å². The summed E-state index contributed by atoms with van der Waals surface area (Å²) in [5.74, 6) is -0.153. The summed E-state index contributed by atoms with van der Waals surface area (Å²) < 4.78 is 13.8. The Labute approximate surface area is 142 Å². The molecule has 7 heteroatoms. The van der Waals surface area contributed by atoms with E-state index in [0.29, 0.717) is 27.0 Å². The highest BCUT2D eigenvalue weighted by Gasteiger charge is 2.20. The number of halogens is 1. The van der Waals surface area contributed by atoms with E-state index in [1.807, 2.05) is 0 Å². The molecule has 0 aliphatic heterocycles. The van der Waals surface area contributed by atoms with Crippen molar-refractivity contribution in [1.29, 1.82) is 0 Å². The molecule has 0 unspecified atom stereocenters. The first-order chi connectivity index (χ1) is 11.6. The Hall–Kier alpha value is -2.67. The summed E-state index contributed by atoms with van der Waals surface area (Å²) in [7, 11) is 0. The SMILES string of the molecule is Cc1nc(-c2ncccn2)sc1C(=O)N[C@@H](C)c1ccccc1F. The van der Waals surface area contributed by atoms with Crippen LogP contribution in [0.2, 0.25) is 0 Å². The summed E-state index contributed by atoms with van der Waals surface area (Å²) in [6, 6.07) is 7.66. The first-order valence-electron chi connectivity index (χ1n) is 7.36. The van der Waals surface area contributed by atoms with E-state index in [-0.39, 0.29) is 11.7 Å². The molecule has 1 atom stereocenters. The third kappa shape index (κ3) is 3.30. The number of nitrogens with zero attached hydrogens (tertiary/aromatic N) is 3. The average Bonchev–Trinajstić information content (AvgIpc) is 2.98. The summed E-state index contributed by atoms with van der Waals surface area (Å²) in [4.78, 5) is 25.6. The van der Waals surface area contributed by atoms with Crippen LogP contribution in [0, 0.1) is 12.7 Å². The van der Waals surface area contributed by atoms with Crippen LogP contribution in [0.25, 0.3) is 10.8 Å². The largest absolute Gasteiger partial charge is 0.345 e. The van der Waals surface area contributed by atoms with Crippen LogP contribution in [0.5, 0.6) is 0 Å². The molecular formula is C17H15FN4OS. The van der Waals surface area contributed by atoms with Crippen molar-refractivity contribution < 1.29 is 9.18 Å². The highest BCUT2D eigenvalue weighted by atomic mass is 32.1. The van der Waals surface area contributed by atoms with E-state index in [2.05, 4.69) is 20.3 Å². The predicted molar refractivity (Wildman–Crippen MR) is 90.2 cm³/mol. The number of thiazole rings is 1. The molecule has 0 bridgehead atoms. The molecule has 0 saturated carbocycles. The molecular weight excluding hydrogens is 327 g/mol. The number of nitrogens with one attached hydrogen (secondary N) is 1. The molecule has 0 radical (unpaired) electrons. The molecule has 3 aromatic rings. The number of rotatable bonds is 4. The lowest BCUT2D eigenvalue weighted by atomic mass is 10.1. The van der Waals surface area contributed by atoms with E-state index >= 15 is 0 Å². The number of carbonyl (C=O) groups is 1. The zero-order chi connectivity index (χ0) is 17.1. The minimum absolute atomic E-state index is 0.289. The number of carbonyl (C=O) groups excluding carboxylic acids is 1. The summed E-state index contributed by atoms with van der Waals surface area (Å²) in [5.41, 5.74) is 1.04. The van der Waals surface area contributed by atoms with Crippen molar-refractivity contribution in [3.8, 4) is 10.8 Å². The number of hydrogen-bond donors (Lipinski definition) is 1. The molecule has 24 heavy (non-hydrogen) atoms. The highest BCUT2D eigenvalue weighted by molar-refractivity contribution is 7.17. The molecule has 2 aromatic heterocycles. The van der Waals surface area contributed by atoms with Gasteiger partial charge >= 0.3 is 0 Å². The number of amides is 1. The standard InChI is InChI=1S/C17H15FN4OS/c1-10(12-6-3-4-7-13(12)18)21-16(23)14-11(2)22-17(24-14)15-19-8-5-9-20-15/h3-10H,1-2H3,(H,21,23)/t10-/m0/s1. The fourth-order valence-corrected chi connectivity index (χ4v) is 3.20. The summed E-state index contributed by atoms with van der Waals surface area (Å²) in [5, 5.41) is 3.39. The van der Waals surface area contributed by atoms with Crippen molar-refractivity contribution in [2.24, 2.45) is 0 Å². The van der Waals surface area contributed by atoms with Gasteiger partial charge in [0, 0.05) is 18.0 Å². The summed E-state index contributed by atoms with van der Waals surface area (Å²) >= 11 is 1.22. The second-order valence-electron chi connectivity index (χ2n) is 5.22. The van der Waals surface area contributed by atoms with Crippen LogP contribution in [0.1, 0.15) is 33.9 Å². The van der Waals surface area contributed by atoms with Crippen LogP contribution in [0.3, 0.4) is 0 Å². The van der Waals surface area contributed by atoms with Crippen LogP contribution >= 0.6 is 11.3 Å². The minimum atomic E-state index is -0.448. The maximum absolute atomic E-state index is 13.8. The zero-order valence-corrected chi connectivity index (χ0v) is 14.0. The van der Waals surface area contributed by atoms with Gasteiger partial charge in [-0.3, -0.25) is 4.79 Å². The van der Waals surface area contributed by atoms with Crippen molar-refractivity contribution in [1.82, 2.24) is 20.3 Å². The van der Waals surface area contributed by atoms with Crippen LogP contribution < -0.4 is 5.32 Å². The van der Waals surface area contributed by atoms with Gasteiger partial charge in [-0.15, -0.1) is 11.3 Å². The van der Waals surface area contributed by atoms with Gasteiger partial charge in [-0.2, -0.15) is 0 Å². The van der Waals surface area contributed by atoms with Crippen LogP contribution in [0.15, 0.2) is 42.7 Å². The first-order valence-corrected chi connectivity index (χ1v) is 8.18. The maximum atomic E-state index is 13.8. The van der Waals surface area contributed by atoms with Crippen molar-refractivity contribution in [3.63, 3.8) is 0 Å². The highest BCUT2D eigenvalue weighted by Crippen LogP contribution is 2.26. The second-order valence-corrected chi connectivity index (χ2v) is 6.22. The van der Waals surface area contributed by atoms with Gasteiger partial charge in [-0.25, -0.2) is 19.3 Å². The van der Waals surface area contributed by atoms with E-state index in [9.17, 15) is 9.18 Å². The quantitative estimate of drug-likeness (QED) is 0.787. The van der Waals surface area contributed by atoms with E-state index in [1.165, 1.54) is 17.4 Å². The van der Waals surface area contributed by atoms with Gasteiger partial charge in [0.1, 0.15) is 10.7 Å². The average molecular weight is 342 g/mol. The van der Waals surface area contributed by atoms with Gasteiger partial charge in [-0.1, -0.05) is 18.2 Å². The van der Waals surface area contributed by atoms with E-state index in [1.54, 1.807) is 50.5 Å². The van der Waals surface area contributed by atoms with Gasteiger partial charge < -0.3 is 5.32 Å². The third-order valence-corrected chi connectivity index (χ3v) is 4.63. The fourth-order valence-electron chi connectivity index (χ4n) is 2.28. The summed E-state index contributed by atoms with van der Waals surface area (Å²) in [6.07, 6.45) is 3.25. The molecule has 0 spiro atoms. The lowest BCUT2D eigenvalue weighted by Gasteiger charge is -2.14. The molecule has 2 heterocycles. The third-order valence-electron chi connectivity index (χ3n) is 3.48. The first kappa shape index (κ1) is 16.2. The normalized spacial score (nSPS) is 12.0. The number of hydrogen-bond acceptors (Lipinski definition) is 5. The monoisotopic (exact) mass is 342 g/mol. The molecule has 122 valence electrons. The predicted octanol–water partition coefficient (Wildman–Crippen LogP) is 3.54. The van der Waals surface area contributed by atoms with Gasteiger partial charge in [-0.05, 0) is 26.0 Å². The maximum Gasteiger partial charge on any atom is 0.263 e. The molecule has 1 amide bonds. The zero-order valence-electron chi connectivity index (χ0n) is 13.2. The molecule has 3 rings (SSSR count). The van der Waals surface area contributed by atoms with Crippen LogP contribution in [-0.2, 0) is 0 Å². The Morgan fingerprint density at radius 2 is 1.92 bits per heavy atom. The molecule has 0 saturated heterocycles. The Bertz CT molecular complexity index is 866. The smallest absolute Gasteiger partial charge is 0.263 e. The number of benzene rings is 1. The van der Waals surface area contributed by atoms with Crippen LogP contribution in [0.4, 0.5) is 4.39 Å². The Balaban J connectivity index is 1.81. The van der Waals surface area contributed by atoms with Gasteiger partial charge in [0.2, 0.25) is 0 Å². The minimum Gasteiger partial charge on any atom is -0.345 e. The topological polar surface area (TPSA) is 67.8 Å². The van der Waals surface area contributed by atoms with E-state index < -0.39 is 6.04 Å². The van der Waals surface area contributed by atoms with Crippen molar-refractivity contribution in [2.75, 3.05) is 0 Å². The van der Waals surface area contributed by atoms with E-state index in [0.717, 1.165) is 0 Å². The molecule has 1 N–H and O–H groups in total. The van der Waals surface area contributed by atoms with Crippen molar-refractivity contribution in [2.45, 2.75) is 19.9 Å². The molecule has 1 aromatic carbocycles. The molecule has 5 nitrogen and oxygen atoms in total. The van der Waals surface area contributed by atoms with Crippen molar-refractivity contribution >= 4 is 17.2 Å². The van der Waals surface area contributed by atoms with Gasteiger partial charge in [0.15, 0.2) is 10.8 Å². The fraction of sp³-hybridized carbons (Fsp3) is 0.176. The Morgan fingerprint density at radius 1 is 1.21 bits per heavy atom. The Kier molecular flexibility index (Phi) is 4.61. The lowest BCUT2D eigenvalue weighted by molar-refractivity contribution is 0.0942. The van der Waals surface area contributed by atoms with Gasteiger partial charge in [0.05, 0.1) is 11.7 Å². The molecule has 0 fully saturated rings. The molecule has 0 aliphatic rings. The van der Waals surface area contributed by atoms with Gasteiger partial charge in [0.25, 0.3) is 5.91 Å². The summed E-state index contributed by atoms with van der Waals surface area (Å²) in [6.45, 7) is 3.50.